The van der Waals surface area contributed by atoms with Crippen molar-refractivity contribution in [1.29, 1.82) is 0 Å². The Labute approximate surface area is 271 Å². The Morgan fingerprint density at radius 1 is 0.652 bits per heavy atom. The molecule has 0 aromatic heterocycles. The molecule has 0 spiro atoms. The van der Waals surface area contributed by atoms with Crippen LogP contribution >= 0.6 is 0 Å². The molecule has 0 radical (unpaired) electrons. The number of hydrogen-bond acceptors (Lipinski definition) is 8. The predicted molar refractivity (Wildman–Crippen MR) is 189 cm³/mol. The van der Waals surface area contributed by atoms with Crippen LogP contribution in [0.3, 0.4) is 0 Å². The zero-order chi connectivity index (χ0) is 32.6. The van der Waals surface area contributed by atoms with Gasteiger partial charge in [-0.2, -0.15) is 30.7 Å². The van der Waals surface area contributed by atoms with Gasteiger partial charge in [-0.15, -0.1) is 0 Å². The van der Waals surface area contributed by atoms with Crippen LogP contribution in [-0.2, 0) is 4.74 Å². The van der Waals surface area contributed by atoms with Crippen molar-refractivity contribution in [2.75, 3.05) is 24.6 Å². The molecule has 0 saturated carbocycles. The van der Waals surface area contributed by atoms with Crippen molar-refractivity contribution in [2.45, 2.75) is 19.8 Å². The van der Waals surface area contributed by atoms with E-state index in [1.165, 1.54) is 0 Å². The Morgan fingerprint density at radius 2 is 1.20 bits per heavy atom. The molecule has 4 rings (SSSR count). The minimum Gasteiger partial charge on any atom is -0.492 e. The van der Waals surface area contributed by atoms with E-state index in [-0.39, 0.29) is 0 Å². The molecule has 0 heterocycles. The Morgan fingerprint density at radius 3 is 1.78 bits per heavy atom. The number of allylic oxidation sites excluding steroid dienone is 3. The molecule has 0 unspecified atom stereocenters. The second-order valence-electron chi connectivity index (χ2n) is 10.4. The highest BCUT2D eigenvalue weighted by molar-refractivity contribution is 5.56. The van der Waals surface area contributed by atoms with Crippen LogP contribution in [0.2, 0.25) is 0 Å². The second-order valence-corrected chi connectivity index (χ2v) is 10.4. The molecule has 0 atom stereocenters. The maximum Gasteiger partial charge on any atom is 0.111 e. The molecule has 4 aromatic rings. The van der Waals surface area contributed by atoms with Crippen molar-refractivity contribution in [1.82, 2.24) is 0 Å². The van der Waals surface area contributed by atoms with Crippen molar-refractivity contribution in [3.05, 3.63) is 152 Å². The van der Waals surface area contributed by atoms with Gasteiger partial charge in [-0.25, -0.2) is 0 Å². The van der Waals surface area contributed by atoms with Crippen molar-refractivity contribution in [3.63, 3.8) is 0 Å². The SMILES string of the molecule is C=CC(=C)CCCN(CCOC(=C)C=C)c1ccc(N=Nc2ccc(N=Nc3ccc(N=Nc4ccccc4)cc3)c(C)c2)cc1. The third-order valence-corrected chi connectivity index (χ3v) is 6.93. The average molecular weight is 610 g/mol. The van der Waals surface area contributed by atoms with Crippen LogP contribution < -0.4 is 4.90 Å². The molecule has 0 fully saturated rings. The minimum absolute atomic E-state index is 0.512. The van der Waals surface area contributed by atoms with Crippen LogP contribution in [0, 0.1) is 6.92 Å². The standard InChI is InChI=1S/C38H39N7O/c1-6-29(3)12-11-25-45(26-27-46-31(5)7-2)37-22-19-35(20-23-37)41-43-36-21-24-38(30(4)28-36)44-42-34-17-15-33(16-18-34)40-39-32-13-9-8-10-14-32/h6-10,13-24,28H,1-3,5,11-12,25-27H2,4H3. The van der Waals surface area contributed by atoms with Crippen molar-refractivity contribution in [3.8, 4) is 0 Å². The van der Waals surface area contributed by atoms with Crippen LogP contribution in [0.4, 0.5) is 39.8 Å². The van der Waals surface area contributed by atoms with Crippen LogP contribution in [0.1, 0.15) is 18.4 Å². The van der Waals surface area contributed by atoms with E-state index in [1.807, 2.05) is 110 Å². The van der Waals surface area contributed by atoms with E-state index in [9.17, 15) is 0 Å². The van der Waals surface area contributed by atoms with E-state index in [4.69, 9.17) is 4.74 Å². The summed E-state index contributed by atoms with van der Waals surface area (Å²) in [7, 11) is 0. The topological polar surface area (TPSA) is 86.6 Å². The lowest BCUT2D eigenvalue weighted by atomic mass is 10.1. The third kappa shape index (κ3) is 10.7. The van der Waals surface area contributed by atoms with Gasteiger partial charge < -0.3 is 9.64 Å². The largest absolute Gasteiger partial charge is 0.492 e. The molecule has 8 heteroatoms. The van der Waals surface area contributed by atoms with E-state index in [2.05, 4.69) is 61.9 Å². The van der Waals surface area contributed by atoms with E-state index >= 15 is 0 Å². The quantitative estimate of drug-likeness (QED) is 0.0677. The van der Waals surface area contributed by atoms with Gasteiger partial charge >= 0.3 is 0 Å². The molecule has 46 heavy (non-hydrogen) atoms. The maximum absolute atomic E-state index is 5.64. The van der Waals surface area contributed by atoms with Crippen molar-refractivity contribution < 1.29 is 4.74 Å². The summed E-state index contributed by atoms with van der Waals surface area (Å²) < 4.78 is 5.64. The number of ether oxygens (including phenoxy) is 1. The number of anilines is 1. The van der Waals surface area contributed by atoms with E-state index in [0.717, 1.165) is 70.3 Å². The fourth-order valence-corrected chi connectivity index (χ4v) is 4.28. The van der Waals surface area contributed by atoms with Crippen LogP contribution in [0.15, 0.2) is 178 Å². The molecule has 0 bridgehead atoms. The molecule has 0 N–H and O–H groups in total. The van der Waals surface area contributed by atoms with Gasteiger partial charge in [0.1, 0.15) is 12.4 Å². The highest BCUT2D eigenvalue weighted by Crippen LogP contribution is 2.29. The van der Waals surface area contributed by atoms with Crippen LogP contribution in [0.25, 0.3) is 0 Å². The minimum atomic E-state index is 0.512. The maximum atomic E-state index is 5.64. The van der Waals surface area contributed by atoms with Crippen LogP contribution in [0.5, 0.6) is 0 Å². The first-order valence-corrected chi connectivity index (χ1v) is 15.0. The normalized spacial score (nSPS) is 11.2. The summed E-state index contributed by atoms with van der Waals surface area (Å²) in [6.07, 6.45) is 5.27. The smallest absolute Gasteiger partial charge is 0.111 e. The first-order valence-electron chi connectivity index (χ1n) is 15.0. The van der Waals surface area contributed by atoms with Crippen molar-refractivity contribution >= 4 is 39.8 Å². The Bertz CT molecular complexity index is 1680. The summed E-state index contributed by atoms with van der Waals surface area (Å²) in [5, 5.41) is 26.2. The second kappa shape index (κ2) is 17.5. The summed E-state index contributed by atoms with van der Waals surface area (Å²) in [5.74, 6) is 0.565. The molecule has 0 aliphatic heterocycles. The summed E-state index contributed by atoms with van der Waals surface area (Å²) in [4.78, 5) is 2.27. The van der Waals surface area contributed by atoms with Gasteiger partial charge in [0.25, 0.3) is 0 Å². The van der Waals surface area contributed by atoms with Gasteiger partial charge in [0, 0.05) is 12.2 Å². The van der Waals surface area contributed by atoms with E-state index in [0.29, 0.717) is 18.9 Å². The van der Waals surface area contributed by atoms with Gasteiger partial charge in [-0.05, 0) is 110 Å². The number of rotatable bonds is 17. The first-order chi connectivity index (χ1) is 22.4. The highest BCUT2D eigenvalue weighted by Gasteiger charge is 2.08. The summed E-state index contributed by atoms with van der Waals surface area (Å²) in [6.45, 7) is 19.4. The highest BCUT2D eigenvalue weighted by atomic mass is 16.5. The molecule has 0 amide bonds. The molecular weight excluding hydrogens is 570 g/mol. The Kier molecular flexibility index (Phi) is 12.6. The Balaban J connectivity index is 1.35. The van der Waals surface area contributed by atoms with Gasteiger partial charge in [0.15, 0.2) is 0 Å². The third-order valence-electron chi connectivity index (χ3n) is 6.93. The summed E-state index contributed by atoms with van der Waals surface area (Å²) >= 11 is 0. The zero-order valence-corrected chi connectivity index (χ0v) is 26.3. The van der Waals surface area contributed by atoms with Gasteiger partial charge in [0.05, 0.1) is 40.7 Å². The van der Waals surface area contributed by atoms with Gasteiger partial charge in [-0.1, -0.05) is 56.2 Å². The number of nitrogens with zero attached hydrogens (tertiary/aromatic N) is 7. The zero-order valence-electron chi connectivity index (χ0n) is 26.3. The number of aryl methyl sites for hydroxylation is 1. The summed E-state index contributed by atoms with van der Waals surface area (Å²) in [6, 6.07) is 30.8. The Hall–Kier alpha value is -5.76. The first kappa shape index (κ1) is 33.1. The molecule has 0 saturated heterocycles. The van der Waals surface area contributed by atoms with Gasteiger partial charge in [-0.3, -0.25) is 0 Å². The molecule has 8 nitrogen and oxygen atoms in total. The number of hydrogen-bond donors (Lipinski definition) is 0. The van der Waals surface area contributed by atoms with Gasteiger partial charge in [0.2, 0.25) is 0 Å². The average Bonchev–Trinajstić information content (AvgIpc) is 3.09. The van der Waals surface area contributed by atoms with E-state index < -0.39 is 0 Å². The van der Waals surface area contributed by atoms with Crippen molar-refractivity contribution in [2.24, 2.45) is 30.7 Å². The van der Waals surface area contributed by atoms with E-state index in [1.54, 1.807) is 6.08 Å². The molecule has 232 valence electrons. The lowest BCUT2D eigenvalue weighted by Gasteiger charge is -2.25. The lowest BCUT2D eigenvalue weighted by Crippen LogP contribution is -2.28. The molecule has 0 aliphatic carbocycles. The van der Waals surface area contributed by atoms with Crippen LogP contribution in [-0.4, -0.2) is 19.7 Å². The molecule has 4 aromatic carbocycles. The molecule has 0 aliphatic rings. The lowest BCUT2D eigenvalue weighted by molar-refractivity contribution is 0.232. The predicted octanol–water partition coefficient (Wildman–Crippen LogP) is 12.3. The summed E-state index contributed by atoms with van der Waals surface area (Å²) in [5.41, 5.74) is 7.57. The number of benzene rings is 4. The fraction of sp³-hybridized carbons (Fsp3) is 0.158. The number of azo groups is 3. The monoisotopic (exact) mass is 609 g/mol. The molecular formula is C38H39N7O. The fourth-order valence-electron chi connectivity index (χ4n) is 4.28.